The first-order chi connectivity index (χ1) is 26.8. The molecule has 11 rings (SSSR count). The number of anilines is 1. The Labute approximate surface area is 312 Å². The molecule has 3 nitrogen and oxygen atoms in total. The van der Waals surface area contributed by atoms with E-state index < -0.39 is 0 Å². The number of hydrogen-bond donors (Lipinski definition) is 1. The lowest BCUT2D eigenvalue weighted by Crippen LogP contribution is -2.22. The van der Waals surface area contributed by atoms with Gasteiger partial charge in [0, 0.05) is 27.9 Å². The van der Waals surface area contributed by atoms with Crippen LogP contribution >= 0.6 is 0 Å². The maximum atomic E-state index is 6.52. The van der Waals surface area contributed by atoms with Crippen molar-refractivity contribution in [2.24, 2.45) is 4.99 Å². The van der Waals surface area contributed by atoms with E-state index in [1.54, 1.807) is 0 Å². The third-order valence-corrected chi connectivity index (χ3v) is 11.2. The highest BCUT2D eigenvalue weighted by atomic mass is 16.3. The molecule has 2 heterocycles. The number of furan rings is 1. The van der Waals surface area contributed by atoms with Crippen molar-refractivity contribution in [3.05, 3.63) is 186 Å². The van der Waals surface area contributed by atoms with Crippen molar-refractivity contribution >= 4 is 72.2 Å². The van der Waals surface area contributed by atoms with Crippen molar-refractivity contribution in [2.75, 3.05) is 5.32 Å². The summed E-state index contributed by atoms with van der Waals surface area (Å²) >= 11 is 0. The van der Waals surface area contributed by atoms with E-state index >= 15 is 0 Å². The van der Waals surface area contributed by atoms with Gasteiger partial charge in [0.25, 0.3) is 0 Å². The number of aliphatic imine (C=N–C) groups is 1. The van der Waals surface area contributed by atoms with Crippen LogP contribution in [0.15, 0.2) is 173 Å². The van der Waals surface area contributed by atoms with E-state index in [0.717, 1.165) is 45.8 Å². The molecule has 9 aromatic rings. The van der Waals surface area contributed by atoms with Crippen LogP contribution < -0.4 is 16.0 Å². The Kier molecular flexibility index (Phi) is 7.01. The zero-order valence-electron chi connectivity index (χ0n) is 29.5. The summed E-state index contributed by atoms with van der Waals surface area (Å²) in [7, 11) is 0. The molecule has 0 radical (unpaired) electrons. The Morgan fingerprint density at radius 2 is 1.20 bits per heavy atom. The highest BCUT2D eigenvalue weighted by Crippen LogP contribution is 2.45. The van der Waals surface area contributed by atoms with Crippen molar-refractivity contribution < 1.29 is 4.42 Å². The van der Waals surface area contributed by atoms with Crippen LogP contribution in [0.3, 0.4) is 0 Å². The van der Waals surface area contributed by atoms with Crippen LogP contribution in [0.5, 0.6) is 0 Å². The molecule has 0 bridgehead atoms. The lowest BCUT2D eigenvalue weighted by atomic mass is 9.90. The Bertz CT molecular complexity index is 3180. The molecule has 8 aromatic carbocycles. The molecule has 1 aliphatic carbocycles. The van der Waals surface area contributed by atoms with Gasteiger partial charge in [-0.25, -0.2) is 0 Å². The molecule has 2 aliphatic rings. The van der Waals surface area contributed by atoms with Crippen molar-refractivity contribution in [1.29, 1.82) is 0 Å². The van der Waals surface area contributed by atoms with Gasteiger partial charge < -0.3 is 9.73 Å². The summed E-state index contributed by atoms with van der Waals surface area (Å²) in [5.41, 5.74) is 15.9. The van der Waals surface area contributed by atoms with Gasteiger partial charge in [0.1, 0.15) is 11.0 Å². The number of nitrogens with zero attached hydrogens (tertiary/aromatic N) is 1. The standard InChI is InChI=1S/C51H34N2O/c1-3-17-43-39(14-1)40-15-2-4-18-44(40)50-49(43)52-31-47(53-50)35-13-9-12-34(30-35)32-26-28-33(29-27-32)36-21-10-23-38-37(36)22-11-24-41(38)45-19-5-6-20-46-42-16-7-8-25-48(42)54-51(45)46/h1-4,6-18,21-31,47,53H,5,19H2. The number of para-hydroxylation sites is 1. The van der Waals surface area contributed by atoms with Crippen molar-refractivity contribution in [3.63, 3.8) is 0 Å². The van der Waals surface area contributed by atoms with E-state index in [-0.39, 0.29) is 6.04 Å². The van der Waals surface area contributed by atoms with Gasteiger partial charge in [-0.2, -0.15) is 0 Å². The Hall–Kier alpha value is -6.93. The second-order valence-corrected chi connectivity index (χ2v) is 14.3. The molecule has 1 N–H and O–H groups in total. The first kappa shape index (κ1) is 30.7. The maximum absolute atomic E-state index is 6.52. The molecule has 1 atom stereocenters. The number of hydrogen-bond acceptors (Lipinski definition) is 3. The minimum absolute atomic E-state index is 0.0400. The van der Waals surface area contributed by atoms with Crippen molar-refractivity contribution in [1.82, 2.24) is 0 Å². The average Bonchev–Trinajstić information content (AvgIpc) is 3.48. The zero-order chi connectivity index (χ0) is 35.6. The van der Waals surface area contributed by atoms with Crippen LogP contribution in [-0.2, 0) is 0 Å². The number of fused-ring (bicyclic) bond motifs is 10. The zero-order valence-corrected chi connectivity index (χ0v) is 29.5. The minimum atomic E-state index is -0.0400. The van der Waals surface area contributed by atoms with Crippen LogP contribution in [0.25, 0.3) is 76.8 Å². The molecule has 0 fully saturated rings. The van der Waals surface area contributed by atoms with Gasteiger partial charge in [-0.1, -0.05) is 140 Å². The highest BCUT2D eigenvalue weighted by molar-refractivity contribution is 6.20. The normalized spacial score (nSPS) is 14.9. The third-order valence-electron chi connectivity index (χ3n) is 11.2. The first-order valence-electron chi connectivity index (χ1n) is 18.7. The molecule has 1 aliphatic heterocycles. The van der Waals surface area contributed by atoms with E-state index in [2.05, 4.69) is 169 Å². The Morgan fingerprint density at radius 1 is 0.556 bits per heavy atom. The summed E-state index contributed by atoms with van der Waals surface area (Å²) in [5.74, 6) is 0. The van der Waals surface area contributed by atoms with Crippen LogP contribution in [0, 0.1) is 0 Å². The molecule has 0 amide bonds. The second-order valence-electron chi connectivity index (χ2n) is 14.3. The molecule has 0 saturated carbocycles. The van der Waals surface area contributed by atoms with Crippen LogP contribution in [0.4, 0.5) is 11.4 Å². The highest BCUT2D eigenvalue weighted by Gasteiger charge is 2.22. The number of allylic oxidation sites excluding steroid dienone is 1. The van der Waals surface area contributed by atoms with Gasteiger partial charge in [0.2, 0.25) is 0 Å². The Morgan fingerprint density at radius 3 is 2.04 bits per heavy atom. The summed E-state index contributed by atoms with van der Waals surface area (Å²) in [5, 5.41) is 13.3. The molecular formula is C51H34N2O. The Balaban J connectivity index is 0.941. The molecular weight excluding hydrogens is 657 g/mol. The first-order valence-corrected chi connectivity index (χ1v) is 18.7. The summed E-state index contributed by atoms with van der Waals surface area (Å²) in [6.45, 7) is 0. The van der Waals surface area contributed by atoms with Gasteiger partial charge in [0.05, 0.1) is 22.6 Å². The molecule has 1 unspecified atom stereocenters. The fourth-order valence-corrected chi connectivity index (χ4v) is 8.66. The van der Waals surface area contributed by atoms with Crippen molar-refractivity contribution in [3.8, 4) is 22.3 Å². The average molecular weight is 691 g/mol. The lowest BCUT2D eigenvalue weighted by Gasteiger charge is -2.25. The SMILES string of the molecule is C1=CCCC(c2cccc3c(-c4ccc(-c5cccc(C6C=Nc7c(c8ccccc8c8ccccc78)N6)c5)cc4)cccc23)=c2oc3ccccc3c2=1. The van der Waals surface area contributed by atoms with Crippen molar-refractivity contribution in [2.45, 2.75) is 18.9 Å². The van der Waals surface area contributed by atoms with Gasteiger partial charge in [0.15, 0.2) is 0 Å². The number of nitrogens with one attached hydrogen (secondary N) is 1. The molecule has 0 spiro atoms. The van der Waals surface area contributed by atoms with E-state index in [1.165, 1.54) is 71.3 Å². The van der Waals surface area contributed by atoms with Crippen LogP contribution in [0.2, 0.25) is 0 Å². The smallest absolute Gasteiger partial charge is 0.146 e. The fourth-order valence-electron chi connectivity index (χ4n) is 8.66. The number of rotatable bonds is 4. The molecule has 254 valence electrons. The van der Waals surface area contributed by atoms with E-state index in [1.807, 2.05) is 12.1 Å². The van der Waals surface area contributed by atoms with E-state index in [4.69, 9.17) is 9.41 Å². The summed E-state index contributed by atoms with van der Waals surface area (Å²) in [6.07, 6.45) is 6.04. The largest absolute Gasteiger partial charge is 0.455 e. The summed E-state index contributed by atoms with van der Waals surface area (Å²) < 4.78 is 6.52. The number of benzene rings is 8. The lowest BCUT2D eigenvalue weighted by molar-refractivity contribution is 0.571. The summed E-state index contributed by atoms with van der Waals surface area (Å²) in [4.78, 5) is 5.06. The predicted molar refractivity (Wildman–Crippen MR) is 226 cm³/mol. The molecule has 3 heteroatoms. The van der Waals surface area contributed by atoms with Gasteiger partial charge in [-0.3, -0.25) is 4.99 Å². The molecule has 1 aromatic heterocycles. The molecule has 0 saturated heterocycles. The monoisotopic (exact) mass is 690 g/mol. The fraction of sp³-hybridized carbons (Fsp3) is 0.0588. The quantitative estimate of drug-likeness (QED) is 0.187. The third kappa shape index (κ3) is 4.87. The van der Waals surface area contributed by atoms with Crippen LogP contribution in [-0.4, -0.2) is 6.21 Å². The summed E-state index contributed by atoms with van der Waals surface area (Å²) in [6, 6.07) is 56.6. The second kappa shape index (κ2) is 12.3. The predicted octanol–water partition coefficient (Wildman–Crippen LogP) is 12.0. The van der Waals surface area contributed by atoms with E-state index in [9.17, 15) is 0 Å². The topological polar surface area (TPSA) is 37.5 Å². The van der Waals surface area contributed by atoms with Gasteiger partial charge in [-0.15, -0.1) is 5.73 Å². The molecule has 54 heavy (non-hydrogen) atoms. The maximum Gasteiger partial charge on any atom is 0.146 e. The minimum Gasteiger partial charge on any atom is -0.455 e. The van der Waals surface area contributed by atoms with Crippen LogP contribution in [0.1, 0.15) is 30.0 Å². The van der Waals surface area contributed by atoms with Gasteiger partial charge in [-0.05, 0) is 92.0 Å². The van der Waals surface area contributed by atoms with E-state index in [0.29, 0.717) is 0 Å². The van der Waals surface area contributed by atoms with Gasteiger partial charge >= 0.3 is 0 Å².